The van der Waals surface area contributed by atoms with Crippen molar-refractivity contribution in [3.8, 4) is 16.8 Å². The van der Waals surface area contributed by atoms with Gasteiger partial charge in [0.2, 0.25) is 0 Å². The van der Waals surface area contributed by atoms with Crippen LogP contribution in [0.4, 0.5) is 0 Å². The Morgan fingerprint density at radius 1 is 0.444 bits per heavy atom. The summed E-state index contributed by atoms with van der Waals surface area (Å²) in [4.78, 5) is 5.22. The zero-order valence-electron chi connectivity index (χ0n) is 25.0. The van der Waals surface area contributed by atoms with Crippen LogP contribution in [0.15, 0.2) is 175 Å². The van der Waals surface area contributed by atoms with Gasteiger partial charge in [0.05, 0.1) is 16.7 Å². The Bertz CT molecular complexity index is 2160. The second kappa shape index (κ2) is 11.7. The molecule has 1 aliphatic rings. The Morgan fingerprint density at radius 3 is 1.58 bits per heavy atom. The summed E-state index contributed by atoms with van der Waals surface area (Å²) < 4.78 is 2.36. The van der Waals surface area contributed by atoms with E-state index in [0.717, 1.165) is 29.8 Å². The molecule has 0 atom stereocenters. The van der Waals surface area contributed by atoms with Gasteiger partial charge < -0.3 is 4.57 Å². The fraction of sp³-hybridized carbons (Fsp3) is 0.0465. The molecule has 0 N–H and O–H groups in total. The van der Waals surface area contributed by atoms with Crippen LogP contribution in [0.2, 0.25) is 0 Å². The minimum absolute atomic E-state index is 0.897. The highest BCUT2D eigenvalue weighted by molar-refractivity contribution is 6.09. The molecule has 7 aromatic rings. The van der Waals surface area contributed by atoms with Crippen LogP contribution in [0, 0.1) is 0 Å². The summed E-state index contributed by atoms with van der Waals surface area (Å²) in [7, 11) is 0. The van der Waals surface area contributed by atoms with Gasteiger partial charge in [-0.2, -0.15) is 0 Å². The monoisotopic (exact) mass is 576 g/mol. The van der Waals surface area contributed by atoms with Crippen LogP contribution in [0.1, 0.15) is 29.5 Å². The van der Waals surface area contributed by atoms with E-state index in [1.54, 1.807) is 0 Å². The van der Waals surface area contributed by atoms with Gasteiger partial charge in [0.25, 0.3) is 0 Å². The summed E-state index contributed by atoms with van der Waals surface area (Å²) >= 11 is 0. The van der Waals surface area contributed by atoms with Gasteiger partial charge in [-0.1, -0.05) is 140 Å². The first-order valence-corrected chi connectivity index (χ1v) is 15.6. The maximum Gasteiger partial charge on any atom is 0.0711 e. The van der Waals surface area contributed by atoms with Gasteiger partial charge >= 0.3 is 0 Å². The topological polar surface area (TPSA) is 17.3 Å². The SMILES string of the molecule is C1=C(c2ccc(-c3ccc(-n4c5ccccc5c5ccccc54)cc3)cc2)C=C(c2ccccc2)N=C(c2ccccc2)CC1. The Kier molecular flexibility index (Phi) is 7.01. The lowest BCUT2D eigenvalue weighted by molar-refractivity contribution is 1.09. The highest BCUT2D eigenvalue weighted by Gasteiger charge is 2.13. The molecule has 0 amide bonds. The zero-order valence-corrected chi connectivity index (χ0v) is 25.0. The maximum absolute atomic E-state index is 5.22. The van der Waals surface area contributed by atoms with Crippen molar-refractivity contribution in [3.05, 3.63) is 187 Å². The molecule has 0 radical (unpaired) electrons. The Labute approximate surface area is 264 Å². The molecule has 0 aliphatic carbocycles. The van der Waals surface area contributed by atoms with Crippen molar-refractivity contribution in [1.82, 2.24) is 4.57 Å². The largest absolute Gasteiger partial charge is 0.309 e. The molecule has 8 rings (SSSR count). The lowest BCUT2D eigenvalue weighted by atomic mass is 9.95. The second-order valence-corrected chi connectivity index (χ2v) is 11.5. The fourth-order valence-electron chi connectivity index (χ4n) is 6.46. The Morgan fingerprint density at radius 2 is 0.956 bits per heavy atom. The number of para-hydroxylation sites is 2. The molecule has 0 spiro atoms. The summed E-state index contributed by atoms with van der Waals surface area (Å²) in [5.41, 5.74) is 12.9. The Balaban J connectivity index is 1.11. The van der Waals surface area contributed by atoms with E-state index in [0.29, 0.717) is 0 Å². The first kappa shape index (κ1) is 26.9. The molecule has 0 fully saturated rings. The molecule has 2 heterocycles. The molecule has 1 aromatic heterocycles. The van der Waals surface area contributed by atoms with Gasteiger partial charge in [-0.15, -0.1) is 0 Å². The van der Waals surface area contributed by atoms with E-state index >= 15 is 0 Å². The molecule has 45 heavy (non-hydrogen) atoms. The number of rotatable bonds is 5. The molecule has 6 aromatic carbocycles. The van der Waals surface area contributed by atoms with E-state index in [1.807, 2.05) is 0 Å². The lowest BCUT2D eigenvalue weighted by Gasteiger charge is -2.14. The van der Waals surface area contributed by atoms with Crippen molar-refractivity contribution >= 4 is 38.8 Å². The highest BCUT2D eigenvalue weighted by Crippen LogP contribution is 2.33. The van der Waals surface area contributed by atoms with Crippen LogP contribution in [-0.2, 0) is 0 Å². The van der Waals surface area contributed by atoms with E-state index in [2.05, 4.69) is 174 Å². The average Bonchev–Trinajstić information content (AvgIpc) is 3.44. The van der Waals surface area contributed by atoms with E-state index < -0.39 is 0 Å². The number of hydrogen-bond acceptors (Lipinski definition) is 1. The third-order valence-corrected chi connectivity index (χ3v) is 8.73. The van der Waals surface area contributed by atoms with E-state index in [4.69, 9.17) is 4.99 Å². The first-order chi connectivity index (χ1) is 22.3. The van der Waals surface area contributed by atoms with E-state index in [-0.39, 0.29) is 0 Å². The average molecular weight is 577 g/mol. The standard InChI is InChI=1S/C43H32N2/c1-3-12-34(13-4-1)40-19-11-16-36(30-41(44-40)35-14-5-2-6-15-35)33-24-22-31(23-25-33)32-26-28-37(29-27-32)45-42-20-9-7-17-38(42)39-18-8-10-21-43(39)45/h1-10,12-18,20-30H,11,19H2. The first-order valence-electron chi connectivity index (χ1n) is 15.6. The molecule has 0 saturated carbocycles. The Hall–Kier alpha value is -5.73. The minimum Gasteiger partial charge on any atom is -0.309 e. The van der Waals surface area contributed by atoms with Crippen LogP contribution in [0.3, 0.4) is 0 Å². The number of benzene rings is 6. The summed E-state index contributed by atoms with van der Waals surface area (Å²) in [6, 6.07) is 56.2. The molecule has 2 nitrogen and oxygen atoms in total. The van der Waals surface area contributed by atoms with Gasteiger partial charge in [0.15, 0.2) is 0 Å². The maximum atomic E-state index is 5.22. The van der Waals surface area contributed by atoms with Crippen molar-refractivity contribution in [2.24, 2.45) is 4.99 Å². The molecule has 214 valence electrons. The quantitative estimate of drug-likeness (QED) is 0.194. The molecule has 1 aliphatic heterocycles. The van der Waals surface area contributed by atoms with Gasteiger partial charge in [0, 0.05) is 27.7 Å². The molecule has 2 heteroatoms. The molecule has 0 saturated heterocycles. The van der Waals surface area contributed by atoms with Gasteiger partial charge in [-0.25, -0.2) is 0 Å². The normalized spacial score (nSPS) is 13.6. The van der Waals surface area contributed by atoms with Crippen LogP contribution in [0.5, 0.6) is 0 Å². The predicted molar refractivity (Wildman–Crippen MR) is 191 cm³/mol. The summed E-state index contributed by atoms with van der Waals surface area (Å²) in [6.45, 7) is 0. The fourth-order valence-corrected chi connectivity index (χ4v) is 6.46. The third kappa shape index (κ3) is 5.21. The molecule has 0 bridgehead atoms. The van der Waals surface area contributed by atoms with Crippen LogP contribution in [-0.4, -0.2) is 10.3 Å². The van der Waals surface area contributed by atoms with E-state index in [9.17, 15) is 0 Å². The summed E-state index contributed by atoms with van der Waals surface area (Å²) in [5, 5.41) is 2.56. The van der Waals surface area contributed by atoms with Crippen molar-refractivity contribution in [3.63, 3.8) is 0 Å². The van der Waals surface area contributed by atoms with Crippen molar-refractivity contribution in [2.45, 2.75) is 12.8 Å². The lowest BCUT2D eigenvalue weighted by Crippen LogP contribution is -2.03. The minimum atomic E-state index is 0.897. The zero-order chi connectivity index (χ0) is 30.0. The van der Waals surface area contributed by atoms with Gasteiger partial charge in [-0.05, 0) is 71.0 Å². The number of hydrogen-bond donors (Lipinski definition) is 0. The smallest absolute Gasteiger partial charge is 0.0711 e. The molecular formula is C43H32N2. The summed E-state index contributed by atoms with van der Waals surface area (Å²) in [6.07, 6.45) is 6.44. The number of aromatic nitrogens is 1. The molecular weight excluding hydrogens is 544 g/mol. The van der Waals surface area contributed by atoms with E-state index in [1.165, 1.54) is 55.3 Å². The van der Waals surface area contributed by atoms with Gasteiger partial charge in [-0.3, -0.25) is 4.99 Å². The van der Waals surface area contributed by atoms with Gasteiger partial charge in [0.1, 0.15) is 0 Å². The van der Waals surface area contributed by atoms with Crippen LogP contribution < -0.4 is 0 Å². The third-order valence-electron chi connectivity index (χ3n) is 8.73. The molecule has 0 unspecified atom stereocenters. The van der Waals surface area contributed by atoms with Crippen molar-refractivity contribution < 1.29 is 0 Å². The highest BCUT2D eigenvalue weighted by atomic mass is 15.0. The number of fused-ring (bicyclic) bond motifs is 3. The van der Waals surface area contributed by atoms with Crippen molar-refractivity contribution in [2.75, 3.05) is 0 Å². The predicted octanol–water partition coefficient (Wildman–Crippen LogP) is 11.2. The number of allylic oxidation sites excluding steroid dienone is 3. The number of nitrogens with zero attached hydrogens (tertiary/aromatic N) is 2. The summed E-state index contributed by atoms with van der Waals surface area (Å²) in [5.74, 6) is 0. The van der Waals surface area contributed by atoms with Crippen LogP contribution in [0.25, 0.3) is 49.9 Å². The van der Waals surface area contributed by atoms with Crippen molar-refractivity contribution in [1.29, 1.82) is 0 Å². The van der Waals surface area contributed by atoms with Crippen LogP contribution >= 0.6 is 0 Å². The second-order valence-electron chi connectivity index (χ2n) is 11.5. The number of aliphatic imine (C=N–C) groups is 1.